The number of ether oxygens (including phenoxy) is 1. The summed E-state index contributed by atoms with van der Waals surface area (Å²) in [4.78, 5) is 0. The number of aliphatic hydroxyl groups excluding tert-OH is 4. The Balaban J connectivity index is 1.79. The molecular weight excluding hydrogens is 418 g/mol. The maximum Gasteiger partial charge on any atom is 0.264 e. The Morgan fingerprint density at radius 3 is 2.25 bits per heavy atom. The predicted molar refractivity (Wildman–Crippen MR) is 115 cm³/mol. The number of halogens is 2. The van der Waals surface area contributed by atoms with Crippen LogP contribution in [-0.2, 0) is 30.4 Å². The summed E-state index contributed by atoms with van der Waals surface area (Å²) in [5.74, 6) is 0. The highest BCUT2D eigenvalue weighted by Crippen LogP contribution is 2.43. The lowest BCUT2D eigenvalue weighted by Gasteiger charge is -2.41. The largest absolute Gasteiger partial charge is 0.394 e. The van der Waals surface area contributed by atoms with Crippen molar-refractivity contribution in [3.05, 3.63) is 69.3 Å². The molecule has 7 heteroatoms. The average Bonchev–Trinajstić information content (AvgIpc) is 3.27. The predicted octanol–water partition coefficient (Wildman–Crippen LogP) is 2.78. The lowest BCUT2D eigenvalue weighted by Crippen LogP contribution is -2.55. The molecule has 2 aromatic carbocycles. The fourth-order valence-electron chi connectivity index (χ4n) is 5.05. The third-order valence-corrected chi connectivity index (χ3v) is 6.81. The van der Waals surface area contributed by atoms with Gasteiger partial charge in [0.15, 0.2) is 0 Å². The molecule has 1 aliphatic carbocycles. The number of hydrogen-bond donors (Lipinski definition) is 4. The van der Waals surface area contributed by atoms with Crippen LogP contribution in [0.5, 0.6) is 0 Å². The molecule has 1 saturated heterocycles. The first-order valence-electron chi connectivity index (χ1n) is 11.2. The van der Waals surface area contributed by atoms with Gasteiger partial charge in [-0.1, -0.05) is 37.3 Å². The van der Waals surface area contributed by atoms with Crippen molar-refractivity contribution in [1.82, 2.24) is 0 Å². The van der Waals surface area contributed by atoms with E-state index in [-0.39, 0.29) is 5.56 Å². The molecule has 0 unspecified atom stereocenters. The van der Waals surface area contributed by atoms with Crippen LogP contribution in [0.3, 0.4) is 0 Å². The Labute approximate surface area is 186 Å². The Morgan fingerprint density at radius 1 is 0.969 bits per heavy atom. The molecule has 2 aromatic rings. The molecule has 0 saturated carbocycles. The molecule has 0 bridgehead atoms. The van der Waals surface area contributed by atoms with Gasteiger partial charge in [-0.25, -0.2) is 8.78 Å². The Hall–Kier alpha value is -1.90. The highest BCUT2D eigenvalue weighted by molar-refractivity contribution is 5.52. The lowest BCUT2D eigenvalue weighted by atomic mass is 9.84. The highest BCUT2D eigenvalue weighted by atomic mass is 19.3. The number of benzene rings is 2. The van der Waals surface area contributed by atoms with E-state index in [1.54, 1.807) is 6.07 Å². The van der Waals surface area contributed by atoms with Gasteiger partial charge in [-0.15, -0.1) is 0 Å². The number of alkyl halides is 2. The first kappa shape index (κ1) is 23.3. The van der Waals surface area contributed by atoms with Gasteiger partial charge in [0.05, 0.1) is 6.61 Å². The zero-order valence-electron chi connectivity index (χ0n) is 18.0. The monoisotopic (exact) mass is 448 g/mol. The molecule has 0 spiro atoms. The minimum Gasteiger partial charge on any atom is -0.394 e. The fourth-order valence-corrected chi connectivity index (χ4v) is 5.05. The second-order valence-electron chi connectivity index (χ2n) is 8.75. The van der Waals surface area contributed by atoms with E-state index in [1.165, 1.54) is 5.56 Å². The van der Waals surface area contributed by atoms with Gasteiger partial charge < -0.3 is 25.2 Å². The standard InChI is InChI=1S/C25H30F2O5/c1-2-13-6-8-14(9-7-13)10-15-11-18(16-4-3-5-17(16)20(15)25(26)27)24-23(31)22(30)21(29)19(12-28)32-24/h6-9,11,19,21-25,28-31H,2-5,10,12H2,1H3/t19-,21-,22+,23-,24+/m1/s1. The number of rotatable bonds is 6. The van der Waals surface area contributed by atoms with Gasteiger partial charge in [-0.05, 0) is 65.5 Å². The molecule has 0 aromatic heterocycles. The van der Waals surface area contributed by atoms with E-state index in [1.807, 2.05) is 24.3 Å². The number of aryl methyl sites for hydroxylation is 1. The van der Waals surface area contributed by atoms with Gasteiger partial charge >= 0.3 is 0 Å². The summed E-state index contributed by atoms with van der Waals surface area (Å²) in [6, 6.07) is 9.52. The third-order valence-electron chi connectivity index (χ3n) is 6.81. The zero-order valence-corrected chi connectivity index (χ0v) is 18.0. The molecular formula is C25H30F2O5. The summed E-state index contributed by atoms with van der Waals surface area (Å²) >= 11 is 0. The van der Waals surface area contributed by atoms with E-state index in [4.69, 9.17) is 4.74 Å². The van der Waals surface area contributed by atoms with E-state index in [0.29, 0.717) is 42.4 Å². The van der Waals surface area contributed by atoms with Crippen molar-refractivity contribution >= 4 is 0 Å². The average molecular weight is 449 g/mol. The van der Waals surface area contributed by atoms with Crippen molar-refractivity contribution in [2.45, 2.75) is 76.0 Å². The fraction of sp³-hybridized carbons (Fsp3) is 0.520. The SMILES string of the molecule is CCc1ccc(Cc2cc([C@@H]3O[C@H](CO)[C@@H](O)[C@H](O)[C@H]3O)c3c(c2C(F)F)CCC3)cc1. The van der Waals surface area contributed by atoms with Gasteiger partial charge in [-0.3, -0.25) is 0 Å². The first-order chi connectivity index (χ1) is 15.3. The van der Waals surface area contributed by atoms with Gasteiger partial charge in [0.1, 0.15) is 30.5 Å². The Kier molecular flexibility index (Phi) is 6.93. The lowest BCUT2D eigenvalue weighted by molar-refractivity contribution is -0.231. The molecule has 32 heavy (non-hydrogen) atoms. The molecule has 0 radical (unpaired) electrons. The van der Waals surface area contributed by atoms with Crippen molar-refractivity contribution in [2.75, 3.05) is 6.61 Å². The van der Waals surface area contributed by atoms with E-state index in [2.05, 4.69) is 6.92 Å². The van der Waals surface area contributed by atoms with E-state index in [9.17, 15) is 29.2 Å². The van der Waals surface area contributed by atoms with Gasteiger partial charge in [0.2, 0.25) is 0 Å². The summed E-state index contributed by atoms with van der Waals surface area (Å²) < 4.78 is 34.2. The number of aliphatic hydroxyl groups is 4. The molecule has 0 amide bonds. The van der Waals surface area contributed by atoms with Crippen LogP contribution in [-0.4, -0.2) is 51.4 Å². The molecule has 1 heterocycles. The topological polar surface area (TPSA) is 90.2 Å². The normalized spacial score (nSPS) is 27.7. The van der Waals surface area contributed by atoms with Crippen LogP contribution in [0.25, 0.3) is 0 Å². The quantitative estimate of drug-likeness (QED) is 0.546. The maximum absolute atomic E-state index is 14.2. The van der Waals surface area contributed by atoms with Crippen molar-refractivity contribution in [2.24, 2.45) is 0 Å². The van der Waals surface area contributed by atoms with Gasteiger partial charge in [0, 0.05) is 5.56 Å². The Bertz CT molecular complexity index is 944. The van der Waals surface area contributed by atoms with E-state index < -0.39 is 43.6 Å². The van der Waals surface area contributed by atoms with Crippen LogP contribution in [0, 0.1) is 0 Å². The maximum atomic E-state index is 14.2. The van der Waals surface area contributed by atoms with Crippen molar-refractivity contribution in [1.29, 1.82) is 0 Å². The van der Waals surface area contributed by atoms with Crippen LogP contribution in [0.1, 0.15) is 64.8 Å². The molecule has 5 atom stereocenters. The van der Waals surface area contributed by atoms with Crippen molar-refractivity contribution < 1.29 is 33.9 Å². The van der Waals surface area contributed by atoms with Crippen LogP contribution >= 0.6 is 0 Å². The summed E-state index contributed by atoms with van der Waals surface area (Å²) in [5.41, 5.74) is 4.45. The molecule has 1 fully saturated rings. The van der Waals surface area contributed by atoms with Crippen LogP contribution in [0.15, 0.2) is 30.3 Å². The second-order valence-corrected chi connectivity index (χ2v) is 8.75. The van der Waals surface area contributed by atoms with Crippen LogP contribution in [0.4, 0.5) is 8.78 Å². The smallest absolute Gasteiger partial charge is 0.264 e. The molecule has 174 valence electrons. The zero-order chi connectivity index (χ0) is 23.0. The molecule has 5 nitrogen and oxygen atoms in total. The van der Waals surface area contributed by atoms with Crippen LogP contribution < -0.4 is 0 Å². The third kappa shape index (κ3) is 4.20. The molecule has 1 aliphatic heterocycles. The van der Waals surface area contributed by atoms with Crippen LogP contribution in [0.2, 0.25) is 0 Å². The first-order valence-corrected chi connectivity index (χ1v) is 11.2. The molecule has 2 aliphatic rings. The highest BCUT2D eigenvalue weighted by Gasteiger charge is 2.45. The number of fused-ring (bicyclic) bond motifs is 1. The summed E-state index contributed by atoms with van der Waals surface area (Å²) in [7, 11) is 0. The van der Waals surface area contributed by atoms with E-state index >= 15 is 0 Å². The number of hydrogen-bond acceptors (Lipinski definition) is 5. The molecule has 4 N–H and O–H groups in total. The van der Waals surface area contributed by atoms with E-state index in [0.717, 1.165) is 17.5 Å². The summed E-state index contributed by atoms with van der Waals surface area (Å²) in [5, 5.41) is 40.6. The van der Waals surface area contributed by atoms with Crippen molar-refractivity contribution in [3.8, 4) is 0 Å². The minimum atomic E-state index is -2.63. The molecule has 4 rings (SSSR count). The van der Waals surface area contributed by atoms with Crippen molar-refractivity contribution in [3.63, 3.8) is 0 Å². The summed E-state index contributed by atoms with van der Waals surface area (Å²) in [6.45, 7) is 1.52. The summed E-state index contributed by atoms with van der Waals surface area (Å²) in [6.07, 6.45) is -6.10. The minimum absolute atomic E-state index is 0.0467. The second kappa shape index (κ2) is 9.53. The van der Waals surface area contributed by atoms with Gasteiger partial charge in [-0.2, -0.15) is 0 Å². The van der Waals surface area contributed by atoms with Gasteiger partial charge in [0.25, 0.3) is 6.43 Å². The Morgan fingerprint density at radius 2 is 1.62 bits per heavy atom.